The quantitative estimate of drug-likeness (QED) is 0.754. The lowest BCUT2D eigenvalue weighted by atomic mass is 10.2. The molecule has 1 fully saturated rings. The van der Waals surface area contributed by atoms with Gasteiger partial charge in [-0.3, -0.25) is 14.4 Å². The van der Waals surface area contributed by atoms with Crippen LogP contribution in [-0.4, -0.2) is 52.1 Å². The summed E-state index contributed by atoms with van der Waals surface area (Å²) in [5.41, 5.74) is 0. The Kier molecular flexibility index (Phi) is 6.03. The molecule has 1 saturated heterocycles. The summed E-state index contributed by atoms with van der Waals surface area (Å²) in [6.45, 7) is 4.40. The number of anilines is 1. The van der Waals surface area contributed by atoms with Crippen molar-refractivity contribution >= 4 is 34.7 Å². The lowest BCUT2D eigenvalue weighted by Crippen LogP contribution is -2.33. The molecule has 1 unspecified atom stereocenters. The van der Waals surface area contributed by atoms with Gasteiger partial charge in [0.1, 0.15) is 5.76 Å². The van der Waals surface area contributed by atoms with Gasteiger partial charge in [-0.15, -0.1) is 0 Å². The molecule has 0 aromatic carbocycles. The summed E-state index contributed by atoms with van der Waals surface area (Å²) in [5, 5.41) is 6.17. The second kappa shape index (κ2) is 8.00. The number of nitrogens with zero attached hydrogens (tertiary/aromatic N) is 2. The molecule has 1 N–H and O–H groups in total. The first-order chi connectivity index (χ1) is 11.0. The van der Waals surface area contributed by atoms with Crippen LogP contribution in [0.15, 0.2) is 10.6 Å². The number of amides is 2. The normalized spacial score (nSPS) is 15.6. The van der Waals surface area contributed by atoms with Crippen molar-refractivity contribution in [3.63, 3.8) is 0 Å². The first-order valence-corrected chi connectivity index (χ1v) is 8.33. The first kappa shape index (κ1) is 17.3. The molecule has 126 valence electrons. The molecule has 1 atom stereocenters. The van der Waals surface area contributed by atoms with Gasteiger partial charge in [0.2, 0.25) is 0 Å². The Hall–Kier alpha value is -2.03. The molecule has 0 spiro atoms. The summed E-state index contributed by atoms with van der Waals surface area (Å²) in [6, 6.07) is 1.57. The van der Waals surface area contributed by atoms with E-state index in [2.05, 4.69) is 10.5 Å². The Bertz CT molecular complexity index is 589. The van der Waals surface area contributed by atoms with Gasteiger partial charge in [-0.25, -0.2) is 0 Å². The molecule has 9 heteroatoms. The molecule has 0 saturated carbocycles. The van der Waals surface area contributed by atoms with E-state index < -0.39 is 18.0 Å². The third-order valence-electron chi connectivity index (χ3n) is 3.25. The summed E-state index contributed by atoms with van der Waals surface area (Å²) in [6.07, 6.45) is -0.491. The van der Waals surface area contributed by atoms with Crippen LogP contribution in [-0.2, 0) is 14.3 Å². The Morgan fingerprint density at radius 1 is 1.57 bits per heavy atom. The molecule has 2 rings (SSSR count). The van der Waals surface area contributed by atoms with Crippen LogP contribution in [0.5, 0.6) is 0 Å². The Morgan fingerprint density at radius 3 is 2.91 bits per heavy atom. The van der Waals surface area contributed by atoms with Gasteiger partial charge < -0.3 is 19.5 Å². The fraction of sp³-hybridized carbons (Fsp3) is 0.571. The highest BCUT2D eigenvalue weighted by Gasteiger charge is 2.25. The van der Waals surface area contributed by atoms with E-state index in [1.807, 2.05) is 0 Å². The van der Waals surface area contributed by atoms with E-state index in [1.54, 1.807) is 24.8 Å². The molecule has 8 nitrogen and oxygen atoms in total. The predicted molar refractivity (Wildman–Crippen MR) is 84.1 cm³/mol. The lowest BCUT2D eigenvalue weighted by molar-refractivity contribution is -0.154. The number of nitrogens with one attached hydrogen (secondary N) is 1. The molecule has 0 aliphatic carbocycles. The topological polar surface area (TPSA) is 102 Å². The molecule has 0 radical (unpaired) electrons. The van der Waals surface area contributed by atoms with Crippen LogP contribution in [0, 0.1) is 6.92 Å². The lowest BCUT2D eigenvalue weighted by Gasteiger charge is -2.17. The largest absolute Gasteiger partial charge is 0.452 e. The van der Waals surface area contributed by atoms with Gasteiger partial charge in [-0.2, -0.15) is 0 Å². The number of rotatable bonds is 7. The summed E-state index contributed by atoms with van der Waals surface area (Å²) < 4.78 is 10.0. The maximum Gasteiger partial charge on any atom is 0.308 e. The number of carbonyl (C=O) groups is 3. The van der Waals surface area contributed by atoms with Gasteiger partial charge in [0.05, 0.1) is 6.42 Å². The molecular weight excluding hydrogens is 322 g/mol. The van der Waals surface area contributed by atoms with Gasteiger partial charge in [0, 0.05) is 24.9 Å². The molecule has 1 aliphatic rings. The summed E-state index contributed by atoms with van der Waals surface area (Å²) in [7, 11) is 0. The van der Waals surface area contributed by atoms with E-state index in [4.69, 9.17) is 9.26 Å². The molecule has 2 heterocycles. The van der Waals surface area contributed by atoms with Crippen molar-refractivity contribution < 1.29 is 23.6 Å². The van der Waals surface area contributed by atoms with Crippen LogP contribution < -0.4 is 5.32 Å². The molecule has 23 heavy (non-hydrogen) atoms. The third-order valence-corrected chi connectivity index (χ3v) is 4.14. The van der Waals surface area contributed by atoms with Gasteiger partial charge >= 0.3 is 5.97 Å². The van der Waals surface area contributed by atoms with Gasteiger partial charge in [0.15, 0.2) is 11.9 Å². The van der Waals surface area contributed by atoms with Gasteiger partial charge in [0.25, 0.3) is 11.1 Å². The number of hydrogen-bond donors (Lipinski definition) is 1. The highest BCUT2D eigenvalue weighted by atomic mass is 32.2. The maximum atomic E-state index is 12.1. The minimum Gasteiger partial charge on any atom is -0.452 e. The number of aromatic nitrogens is 1. The van der Waals surface area contributed by atoms with E-state index in [9.17, 15) is 14.4 Å². The Labute approximate surface area is 137 Å². The first-order valence-electron chi connectivity index (χ1n) is 7.35. The van der Waals surface area contributed by atoms with Crippen molar-refractivity contribution in [2.24, 2.45) is 0 Å². The van der Waals surface area contributed by atoms with Crippen molar-refractivity contribution in [1.29, 1.82) is 0 Å². The maximum absolute atomic E-state index is 12.1. The fourth-order valence-electron chi connectivity index (χ4n) is 2.03. The van der Waals surface area contributed by atoms with Crippen molar-refractivity contribution in [2.45, 2.75) is 32.8 Å². The zero-order chi connectivity index (χ0) is 16.8. The van der Waals surface area contributed by atoms with Crippen LogP contribution >= 0.6 is 11.8 Å². The summed E-state index contributed by atoms with van der Waals surface area (Å²) in [4.78, 5) is 37.0. The number of ether oxygens (including phenoxy) is 1. The molecule has 2 amide bonds. The Balaban J connectivity index is 1.79. The van der Waals surface area contributed by atoms with E-state index >= 15 is 0 Å². The second-order valence-corrected chi connectivity index (χ2v) is 6.10. The van der Waals surface area contributed by atoms with E-state index in [0.29, 0.717) is 25.3 Å². The minimum atomic E-state index is -0.900. The molecule has 0 bridgehead atoms. The number of carbonyl (C=O) groups excluding carboxylic acids is 3. The third kappa shape index (κ3) is 4.98. The monoisotopic (exact) mass is 341 g/mol. The average Bonchev–Trinajstić information content (AvgIpc) is 3.11. The van der Waals surface area contributed by atoms with Crippen LogP contribution in [0.25, 0.3) is 0 Å². The number of hydrogen-bond acceptors (Lipinski definition) is 7. The van der Waals surface area contributed by atoms with Crippen LogP contribution in [0.1, 0.15) is 25.5 Å². The van der Waals surface area contributed by atoms with Crippen molar-refractivity contribution in [3.05, 3.63) is 11.8 Å². The molecule has 1 aliphatic heterocycles. The van der Waals surface area contributed by atoms with Crippen molar-refractivity contribution in [2.75, 3.05) is 24.2 Å². The van der Waals surface area contributed by atoms with E-state index in [0.717, 1.165) is 5.75 Å². The van der Waals surface area contributed by atoms with Crippen LogP contribution in [0.4, 0.5) is 10.6 Å². The minimum absolute atomic E-state index is 0.0241. The number of esters is 1. The molecule has 1 aromatic heterocycles. The molecule has 1 aromatic rings. The van der Waals surface area contributed by atoms with Crippen molar-refractivity contribution in [1.82, 2.24) is 10.1 Å². The Morgan fingerprint density at radius 2 is 2.35 bits per heavy atom. The van der Waals surface area contributed by atoms with Gasteiger partial charge in [-0.05, 0) is 13.3 Å². The van der Waals surface area contributed by atoms with E-state index in [1.165, 1.54) is 11.8 Å². The summed E-state index contributed by atoms with van der Waals surface area (Å²) >= 11 is 1.24. The number of aryl methyl sites for hydroxylation is 1. The fourth-order valence-corrected chi connectivity index (χ4v) is 2.88. The molecular formula is C14H19N3O5S. The highest BCUT2D eigenvalue weighted by Crippen LogP contribution is 2.17. The standard InChI is InChI=1S/C14H19N3O5S/c1-3-10(13(19)15-11-8-9(2)22-16-11)21-12(18)4-5-17-6-7-23-14(17)20/h8,10H,3-7H2,1-2H3,(H,15,16,19). The van der Waals surface area contributed by atoms with Crippen LogP contribution in [0.3, 0.4) is 0 Å². The highest BCUT2D eigenvalue weighted by molar-refractivity contribution is 8.13. The smallest absolute Gasteiger partial charge is 0.308 e. The summed E-state index contributed by atoms with van der Waals surface area (Å²) in [5.74, 6) is 0.625. The SMILES string of the molecule is CCC(OC(=O)CCN1CCSC1=O)C(=O)Nc1cc(C)on1. The average molecular weight is 341 g/mol. The van der Waals surface area contributed by atoms with E-state index in [-0.39, 0.29) is 17.5 Å². The van der Waals surface area contributed by atoms with Crippen molar-refractivity contribution in [3.8, 4) is 0 Å². The second-order valence-electron chi connectivity index (χ2n) is 5.05. The zero-order valence-electron chi connectivity index (χ0n) is 13.0. The zero-order valence-corrected chi connectivity index (χ0v) is 13.9. The predicted octanol–water partition coefficient (Wildman–Crippen LogP) is 1.80. The van der Waals surface area contributed by atoms with Gasteiger partial charge in [-0.1, -0.05) is 23.8 Å². The van der Waals surface area contributed by atoms with Crippen LogP contribution in [0.2, 0.25) is 0 Å². The number of thioether (sulfide) groups is 1.